The average molecular weight is 385 g/mol. The molecule has 0 atom stereocenters. The summed E-state index contributed by atoms with van der Waals surface area (Å²) in [7, 11) is 2.80. The van der Waals surface area contributed by atoms with Gasteiger partial charge >= 0.3 is 6.01 Å². The van der Waals surface area contributed by atoms with Crippen LogP contribution in [0.2, 0.25) is 5.02 Å². The van der Waals surface area contributed by atoms with E-state index in [0.29, 0.717) is 11.3 Å². The zero-order chi connectivity index (χ0) is 19.2. The van der Waals surface area contributed by atoms with E-state index in [4.69, 9.17) is 25.8 Å². The molecule has 0 saturated heterocycles. The maximum atomic E-state index is 11.2. The molecule has 2 aromatic carbocycles. The Balaban J connectivity index is 1.86. The summed E-state index contributed by atoms with van der Waals surface area (Å²) in [5.74, 6) is 0.159. The van der Waals surface area contributed by atoms with E-state index in [-0.39, 0.29) is 29.9 Å². The predicted molar refractivity (Wildman–Crippen MR) is 102 cm³/mol. The van der Waals surface area contributed by atoms with Gasteiger partial charge in [0, 0.05) is 11.1 Å². The van der Waals surface area contributed by atoms with Crippen LogP contribution in [-0.2, 0) is 6.61 Å². The molecule has 0 unspecified atom stereocenters. The van der Waals surface area contributed by atoms with E-state index in [0.717, 1.165) is 16.7 Å². The summed E-state index contributed by atoms with van der Waals surface area (Å²) in [6.45, 7) is 0.145. The van der Waals surface area contributed by atoms with Crippen LogP contribution < -0.4 is 14.2 Å². The van der Waals surface area contributed by atoms with Gasteiger partial charge in [-0.1, -0.05) is 60.1 Å². The molecule has 1 heterocycles. The first-order chi connectivity index (χ1) is 13.2. The second-order valence-electron chi connectivity index (χ2n) is 5.49. The summed E-state index contributed by atoms with van der Waals surface area (Å²) in [4.78, 5) is 19.3. The number of benzene rings is 2. The van der Waals surface area contributed by atoms with Gasteiger partial charge in [-0.25, -0.2) is 0 Å². The summed E-state index contributed by atoms with van der Waals surface area (Å²) in [6, 6.07) is 15.6. The molecule has 0 radical (unpaired) electrons. The van der Waals surface area contributed by atoms with Crippen molar-refractivity contribution in [3.63, 3.8) is 0 Å². The lowest BCUT2D eigenvalue weighted by atomic mass is 10.0. The molecule has 1 aromatic heterocycles. The van der Waals surface area contributed by atoms with Crippen molar-refractivity contribution in [2.75, 3.05) is 14.2 Å². The van der Waals surface area contributed by atoms with Crippen LogP contribution in [0.4, 0.5) is 0 Å². The Hall–Kier alpha value is -3.12. The first-order valence-corrected chi connectivity index (χ1v) is 8.46. The highest BCUT2D eigenvalue weighted by Gasteiger charge is 2.17. The van der Waals surface area contributed by atoms with Crippen LogP contribution in [0, 0.1) is 0 Å². The van der Waals surface area contributed by atoms with Gasteiger partial charge in [-0.15, -0.1) is 0 Å². The number of rotatable bonds is 7. The third kappa shape index (κ3) is 4.01. The number of carbonyl (C=O) groups excluding carboxylic acids is 1. The largest absolute Gasteiger partial charge is 0.480 e. The van der Waals surface area contributed by atoms with Crippen molar-refractivity contribution in [3.8, 4) is 28.9 Å². The van der Waals surface area contributed by atoms with Crippen molar-refractivity contribution in [3.05, 3.63) is 64.7 Å². The Morgan fingerprint density at radius 3 is 2.22 bits per heavy atom. The molecule has 0 aliphatic heterocycles. The van der Waals surface area contributed by atoms with Crippen LogP contribution in [0.25, 0.3) is 11.1 Å². The standard InChI is InChI=1S/C20H17ClN2O4/c1-25-18-16(11-24)19(26-2)23-20(22-18)27-12-14-9-6-10-15(17(14)21)13-7-4-3-5-8-13/h3-11H,12H2,1-2H3. The Kier molecular flexibility index (Phi) is 5.88. The first kappa shape index (κ1) is 18.7. The monoisotopic (exact) mass is 384 g/mol. The molecule has 138 valence electrons. The number of aldehydes is 1. The van der Waals surface area contributed by atoms with Gasteiger partial charge in [0.2, 0.25) is 11.8 Å². The fourth-order valence-corrected chi connectivity index (χ4v) is 2.85. The van der Waals surface area contributed by atoms with Crippen LogP contribution in [0.15, 0.2) is 48.5 Å². The van der Waals surface area contributed by atoms with E-state index < -0.39 is 0 Å². The SMILES string of the molecule is COc1nc(OCc2cccc(-c3ccccc3)c2Cl)nc(OC)c1C=O. The Morgan fingerprint density at radius 1 is 0.963 bits per heavy atom. The van der Waals surface area contributed by atoms with Gasteiger partial charge in [-0.3, -0.25) is 4.79 Å². The molecular formula is C20H17ClN2O4. The molecule has 0 aliphatic rings. The second-order valence-corrected chi connectivity index (χ2v) is 5.87. The van der Waals surface area contributed by atoms with E-state index in [1.807, 2.05) is 48.5 Å². The highest BCUT2D eigenvalue weighted by molar-refractivity contribution is 6.34. The van der Waals surface area contributed by atoms with E-state index >= 15 is 0 Å². The van der Waals surface area contributed by atoms with Crippen molar-refractivity contribution in [2.45, 2.75) is 6.61 Å². The third-order valence-electron chi connectivity index (χ3n) is 3.88. The molecule has 0 spiro atoms. The number of methoxy groups -OCH3 is 2. The summed E-state index contributed by atoms with van der Waals surface area (Å²) in [5.41, 5.74) is 2.82. The quantitative estimate of drug-likeness (QED) is 0.568. The van der Waals surface area contributed by atoms with E-state index in [1.54, 1.807) is 0 Å². The fourth-order valence-electron chi connectivity index (χ4n) is 2.56. The smallest absolute Gasteiger partial charge is 0.323 e. The molecule has 0 amide bonds. The van der Waals surface area contributed by atoms with Gasteiger partial charge < -0.3 is 14.2 Å². The number of halogens is 1. The highest BCUT2D eigenvalue weighted by atomic mass is 35.5. The number of hydrogen-bond donors (Lipinski definition) is 0. The normalized spacial score (nSPS) is 10.3. The van der Waals surface area contributed by atoms with Gasteiger partial charge in [0.25, 0.3) is 0 Å². The molecule has 0 bridgehead atoms. The summed E-state index contributed by atoms with van der Waals surface area (Å²) in [6.07, 6.45) is 0.571. The minimum Gasteiger partial charge on any atom is -0.480 e. The Bertz CT molecular complexity index is 923. The van der Waals surface area contributed by atoms with Crippen LogP contribution in [0.5, 0.6) is 17.8 Å². The van der Waals surface area contributed by atoms with Crippen LogP contribution in [-0.4, -0.2) is 30.5 Å². The highest BCUT2D eigenvalue weighted by Crippen LogP contribution is 2.31. The molecule has 7 heteroatoms. The summed E-state index contributed by atoms with van der Waals surface area (Å²) in [5, 5.41) is 0.590. The number of nitrogens with zero attached hydrogens (tertiary/aromatic N) is 2. The Morgan fingerprint density at radius 2 is 1.63 bits per heavy atom. The second kappa shape index (κ2) is 8.51. The topological polar surface area (TPSA) is 70.5 Å². The van der Waals surface area contributed by atoms with Crippen molar-refractivity contribution < 1.29 is 19.0 Å². The Labute approximate surface area is 161 Å². The molecule has 0 aliphatic carbocycles. The molecule has 0 fully saturated rings. The third-order valence-corrected chi connectivity index (χ3v) is 4.33. The van der Waals surface area contributed by atoms with E-state index in [2.05, 4.69) is 9.97 Å². The van der Waals surface area contributed by atoms with Gasteiger partial charge in [-0.05, 0) is 5.56 Å². The molecule has 6 nitrogen and oxygen atoms in total. The zero-order valence-electron chi connectivity index (χ0n) is 14.8. The lowest BCUT2D eigenvalue weighted by Gasteiger charge is -2.12. The molecular weight excluding hydrogens is 368 g/mol. The number of carbonyl (C=O) groups is 1. The number of hydrogen-bond acceptors (Lipinski definition) is 6. The minimum absolute atomic E-state index is 0.0236. The van der Waals surface area contributed by atoms with Crippen molar-refractivity contribution in [2.24, 2.45) is 0 Å². The van der Waals surface area contributed by atoms with Crippen molar-refractivity contribution >= 4 is 17.9 Å². The first-order valence-electron chi connectivity index (χ1n) is 8.08. The van der Waals surface area contributed by atoms with Gasteiger partial charge in [0.15, 0.2) is 6.29 Å². The fraction of sp³-hybridized carbons (Fsp3) is 0.150. The molecule has 0 N–H and O–H groups in total. The number of ether oxygens (including phenoxy) is 3. The van der Waals surface area contributed by atoms with Gasteiger partial charge in [0.1, 0.15) is 12.2 Å². The molecule has 3 aromatic rings. The van der Waals surface area contributed by atoms with Crippen molar-refractivity contribution in [1.29, 1.82) is 0 Å². The zero-order valence-corrected chi connectivity index (χ0v) is 15.6. The summed E-state index contributed by atoms with van der Waals surface area (Å²) < 4.78 is 15.9. The van der Waals surface area contributed by atoms with Crippen LogP contribution >= 0.6 is 11.6 Å². The van der Waals surface area contributed by atoms with Crippen LogP contribution in [0.1, 0.15) is 15.9 Å². The van der Waals surface area contributed by atoms with E-state index in [9.17, 15) is 4.79 Å². The van der Waals surface area contributed by atoms with Crippen LogP contribution in [0.3, 0.4) is 0 Å². The lowest BCUT2D eigenvalue weighted by Crippen LogP contribution is -2.06. The van der Waals surface area contributed by atoms with Gasteiger partial charge in [0.05, 0.1) is 19.2 Å². The maximum absolute atomic E-state index is 11.2. The number of aromatic nitrogens is 2. The molecule has 0 saturated carbocycles. The van der Waals surface area contributed by atoms with Crippen molar-refractivity contribution in [1.82, 2.24) is 9.97 Å². The molecule has 27 heavy (non-hydrogen) atoms. The summed E-state index contributed by atoms with van der Waals surface area (Å²) >= 11 is 6.56. The minimum atomic E-state index is 0.0236. The predicted octanol–water partition coefficient (Wildman–Crippen LogP) is 4.21. The average Bonchev–Trinajstić information content (AvgIpc) is 2.72. The molecule has 3 rings (SSSR count). The lowest BCUT2D eigenvalue weighted by molar-refractivity contribution is 0.111. The van der Waals surface area contributed by atoms with E-state index in [1.165, 1.54) is 14.2 Å². The maximum Gasteiger partial charge on any atom is 0.323 e. The van der Waals surface area contributed by atoms with Gasteiger partial charge in [-0.2, -0.15) is 9.97 Å².